The zero-order valence-electron chi connectivity index (χ0n) is 8.85. The van der Waals surface area contributed by atoms with Gasteiger partial charge in [0.1, 0.15) is 0 Å². The summed E-state index contributed by atoms with van der Waals surface area (Å²) in [4.78, 5) is 16.2. The number of carbonyl (C=O) groups is 1. The molecule has 2 heteroatoms. The third-order valence-electron chi connectivity index (χ3n) is 2.88. The summed E-state index contributed by atoms with van der Waals surface area (Å²) in [6.07, 6.45) is 0.782. The zero-order chi connectivity index (χ0) is 10.2. The molecule has 0 aromatic carbocycles. The van der Waals surface area contributed by atoms with Crippen molar-refractivity contribution in [2.24, 2.45) is 16.3 Å². The lowest BCUT2D eigenvalue weighted by Crippen LogP contribution is -2.30. The van der Waals surface area contributed by atoms with Gasteiger partial charge in [-0.05, 0) is 19.3 Å². The maximum Gasteiger partial charge on any atom is 0.189 e. The van der Waals surface area contributed by atoms with Crippen LogP contribution in [-0.4, -0.2) is 11.5 Å². The molecule has 0 fully saturated rings. The summed E-state index contributed by atoms with van der Waals surface area (Å²) in [7, 11) is 0. The van der Waals surface area contributed by atoms with Crippen LogP contribution in [0.15, 0.2) is 17.3 Å². The maximum atomic E-state index is 11.9. The summed E-state index contributed by atoms with van der Waals surface area (Å²) >= 11 is 0. The van der Waals surface area contributed by atoms with E-state index in [1.54, 1.807) is 0 Å². The monoisotopic (exact) mass is 179 g/mol. The van der Waals surface area contributed by atoms with E-state index in [1.807, 2.05) is 27.7 Å². The van der Waals surface area contributed by atoms with Gasteiger partial charge in [-0.1, -0.05) is 27.4 Å². The van der Waals surface area contributed by atoms with Crippen LogP contribution in [-0.2, 0) is 4.79 Å². The first-order valence-corrected chi connectivity index (χ1v) is 4.76. The van der Waals surface area contributed by atoms with E-state index in [4.69, 9.17) is 0 Å². The normalized spacial score (nSPS) is 28.5. The zero-order valence-corrected chi connectivity index (χ0v) is 8.85. The number of allylic oxidation sites excluding steroid dienone is 1. The van der Waals surface area contributed by atoms with E-state index in [1.165, 1.54) is 0 Å². The van der Waals surface area contributed by atoms with Gasteiger partial charge in [-0.3, -0.25) is 9.79 Å². The van der Waals surface area contributed by atoms with Crippen LogP contribution in [0.1, 0.15) is 34.1 Å². The van der Waals surface area contributed by atoms with Gasteiger partial charge in [-0.2, -0.15) is 0 Å². The van der Waals surface area contributed by atoms with Gasteiger partial charge in [0, 0.05) is 5.70 Å². The Morgan fingerprint density at radius 2 is 2.08 bits per heavy atom. The second-order valence-corrected chi connectivity index (χ2v) is 4.11. The molecule has 1 rings (SSSR count). The molecule has 0 saturated carbocycles. The highest BCUT2D eigenvalue weighted by molar-refractivity contribution is 6.45. The summed E-state index contributed by atoms with van der Waals surface area (Å²) in [5.41, 5.74) is 0.984. The van der Waals surface area contributed by atoms with Gasteiger partial charge in [0.15, 0.2) is 5.78 Å². The molecule has 1 heterocycles. The lowest BCUT2D eigenvalue weighted by Gasteiger charge is -2.20. The second-order valence-electron chi connectivity index (χ2n) is 4.11. The number of hydrogen-bond donors (Lipinski definition) is 0. The average molecular weight is 179 g/mol. The molecule has 13 heavy (non-hydrogen) atoms. The first kappa shape index (κ1) is 10.2. The fourth-order valence-electron chi connectivity index (χ4n) is 1.49. The molecule has 2 nitrogen and oxygen atoms in total. The highest BCUT2D eigenvalue weighted by atomic mass is 16.1. The minimum absolute atomic E-state index is 0.162. The fourth-order valence-corrected chi connectivity index (χ4v) is 1.49. The number of rotatable bonds is 2. The van der Waals surface area contributed by atoms with Crippen LogP contribution in [0.4, 0.5) is 0 Å². The Hall–Kier alpha value is -0.920. The van der Waals surface area contributed by atoms with Crippen LogP contribution >= 0.6 is 0 Å². The fraction of sp³-hybridized carbons (Fsp3) is 0.636. The molecule has 1 atom stereocenters. The molecule has 0 aliphatic carbocycles. The van der Waals surface area contributed by atoms with Crippen LogP contribution < -0.4 is 0 Å². The van der Waals surface area contributed by atoms with Crippen LogP contribution in [0.2, 0.25) is 0 Å². The van der Waals surface area contributed by atoms with E-state index in [-0.39, 0.29) is 11.7 Å². The summed E-state index contributed by atoms with van der Waals surface area (Å²) in [5.74, 6) is 0.368. The number of nitrogens with zero attached hydrogens (tertiary/aromatic N) is 1. The predicted octanol–water partition coefficient (Wildman–Crippen LogP) is 2.60. The summed E-state index contributed by atoms with van der Waals surface area (Å²) < 4.78 is 0. The van der Waals surface area contributed by atoms with E-state index in [0.29, 0.717) is 5.71 Å². The van der Waals surface area contributed by atoms with Gasteiger partial charge >= 0.3 is 0 Å². The Labute approximate surface area is 79.8 Å². The lowest BCUT2D eigenvalue weighted by molar-refractivity contribution is -0.119. The summed E-state index contributed by atoms with van der Waals surface area (Å²) in [6.45, 7) is 11.8. The van der Waals surface area contributed by atoms with Crippen molar-refractivity contribution in [3.8, 4) is 0 Å². The number of carbonyl (C=O) groups excluding carboxylic acids is 1. The Kier molecular flexibility index (Phi) is 2.42. The van der Waals surface area contributed by atoms with Gasteiger partial charge in [0.05, 0.1) is 11.1 Å². The first-order chi connectivity index (χ1) is 5.93. The summed E-state index contributed by atoms with van der Waals surface area (Å²) in [6, 6.07) is 0. The Morgan fingerprint density at radius 3 is 2.31 bits per heavy atom. The highest BCUT2D eigenvalue weighted by Crippen LogP contribution is 2.38. The SMILES string of the molecule is C=C1N=C(C(C)C)C(=O)C1(C)CC. The smallest absolute Gasteiger partial charge is 0.189 e. The van der Waals surface area contributed by atoms with E-state index >= 15 is 0 Å². The summed E-state index contributed by atoms with van der Waals surface area (Å²) in [5, 5.41) is 0. The van der Waals surface area contributed by atoms with Crippen molar-refractivity contribution in [2.45, 2.75) is 34.1 Å². The topological polar surface area (TPSA) is 29.4 Å². The lowest BCUT2D eigenvalue weighted by atomic mass is 9.79. The van der Waals surface area contributed by atoms with Crippen LogP contribution in [0, 0.1) is 11.3 Å². The molecule has 0 N–H and O–H groups in total. The third kappa shape index (κ3) is 1.34. The number of Topliss-reactive ketones (excluding diaryl/α,β-unsaturated/α-hetero) is 1. The van der Waals surface area contributed by atoms with Crippen molar-refractivity contribution in [2.75, 3.05) is 0 Å². The van der Waals surface area contributed by atoms with E-state index < -0.39 is 5.41 Å². The molecule has 1 aliphatic heterocycles. The highest BCUT2D eigenvalue weighted by Gasteiger charge is 2.42. The molecule has 0 saturated heterocycles. The molecular weight excluding hydrogens is 162 g/mol. The predicted molar refractivity (Wildman–Crippen MR) is 54.8 cm³/mol. The molecule has 0 radical (unpaired) electrons. The van der Waals surface area contributed by atoms with Crippen molar-refractivity contribution < 1.29 is 4.79 Å². The van der Waals surface area contributed by atoms with Gasteiger partial charge in [-0.15, -0.1) is 0 Å². The van der Waals surface area contributed by atoms with Crippen LogP contribution in [0.25, 0.3) is 0 Å². The standard InChI is InChI=1S/C11H17NO/c1-6-11(5)8(4)12-9(7(2)3)10(11)13/h7H,4,6H2,1-3,5H3. The number of hydrogen-bond acceptors (Lipinski definition) is 2. The molecule has 0 amide bonds. The molecule has 0 bridgehead atoms. The minimum Gasteiger partial charge on any atom is -0.292 e. The van der Waals surface area contributed by atoms with Crippen molar-refractivity contribution >= 4 is 11.5 Å². The largest absolute Gasteiger partial charge is 0.292 e. The van der Waals surface area contributed by atoms with E-state index in [2.05, 4.69) is 11.6 Å². The Morgan fingerprint density at radius 1 is 1.54 bits per heavy atom. The second kappa shape index (κ2) is 3.09. The molecule has 1 aliphatic rings. The number of ketones is 1. The molecule has 0 aromatic rings. The Balaban J connectivity index is 3.06. The third-order valence-corrected chi connectivity index (χ3v) is 2.88. The van der Waals surface area contributed by atoms with Gasteiger partial charge in [0.25, 0.3) is 0 Å². The van der Waals surface area contributed by atoms with Crippen molar-refractivity contribution in [1.29, 1.82) is 0 Å². The molecule has 0 aromatic heterocycles. The van der Waals surface area contributed by atoms with Crippen molar-refractivity contribution in [3.63, 3.8) is 0 Å². The van der Waals surface area contributed by atoms with Crippen LogP contribution in [0.5, 0.6) is 0 Å². The van der Waals surface area contributed by atoms with Gasteiger partial charge < -0.3 is 0 Å². The first-order valence-electron chi connectivity index (χ1n) is 4.76. The van der Waals surface area contributed by atoms with E-state index in [0.717, 1.165) is 12.1 Å². The number of aliphatic imine (C=N–C) groups is 1. The van der Waals surface area contributed by atoms with Crippen molar-refractivity contribution in [1.82, 2.24) is 0 Å². The van der Waals surface area contributed by atoms with Gasteiger partial charge in [-0.25, -0.2) is 0 Å². The molecule has 72 valence electrons. The average Bonchev–Trinajstić information content (AvgIpc) is 2.30. The molecular formula is C11H17NO. The van der Waals surface area contributed by atoms with Gasteiger partial charge in [0.2, 0.25) is 0 Å². The Bertz CT molecular complexity index is 288. The molecule has 1 unspecified atom stereocenters. The quantitative estimate of drug-likeness (QED) is 0.640. The van der Waals surface area contributed by atoms with Crippen LogP contribution in [0.3, 0.4) is 0 Å². The van der Waals surface area contributed by atoms with Crippen molar-refractivity contribution in [3.05, 3.63) is 12.3 Å². The molecule has 0 spiro atoms. The minimum atomic E-state index is -0.431. The van der Waals surface area contributed by atoms with E-state index in [9.17, 15) is 4.79 Å². The maximum absolute atomic E-state index is 11.9.